The van der Waals surface area contributed by atoms with Crippen LogP contribution in [-0.2, 0) is 16.1 Å². The zero-order chi connectivity index (χ0) is 19.2. The first-order valence-electron chi connectivity index (χ1n) is 10.1. The third-order valence-electron chi connectivity index (χ3n) is 5.84. The molecule has 0 saturated carbocycles. The highest BCUT2D eigenvalue weighted by Gasteiger charge is 2.44. The Morgan fingerprint density at radius 3 is 2.36 bits per heavy atom. The van der Waals surface area contributed by atoms with Crippen molar-refractivity contribution in [3.05, 3.63) is 66.2 Å². The van der Waals surface area contributed by atoms with Crippen LogP contribution in [0.4, 0.5) is 0 Å². The number of amides is 1. The van der Waals surface area contributed by atoms with Crippen molar-refractivity contribution in [2.24, 2.45) is 0 Å². The van der Waals surface area contributed by atoms with Gasteiger partial charge in [-0.3, -0.25) is 9.69 Å². The molecule has 5 heteroatoms. The van der Waals surface area contributed by atoms with Gasteiger partial charge >= 0.3 is 0 Å². The van der Waals surface area contributed by atoms with Crippen LogP contribution in [0, 0.1) is 0 Å². The Balaban J connectivity index is 1.36. The summed E-state index contributed by atoms with van der Waals surface area (Å²) in [6.07, 6.45) is 1.88. The third-order valence-corrected chi connectivity index (χ3v) is 5.84. The lowest BCUT2D eigenvalue weighted by Crippen LogP contribution is -2.63. The molecular weight excluding hydrogens is 352 g/mol. The lowest BCUT2D eigenvalue weighted by Gasteiger charge is -2.51. The fourth-order valence-corrected chi connectivity index (χ4v) is 4.25. The lowest BCUT2D eigenvalue weighted by atomic mass is 9.85. The largest absolute Gasteiger partial charge is 0.484 e. The van der Waals surface area contributed by atoms with Crippen LogP contribution in [-0.4, -0.2) is 60.7 Å². The van der Waals surface area contributed by atoms with E-state index in [2.05, 4.69) is 35.2 Å². The minimum absolute atomic E-state index is 0.0589. The molecule has 4 rings (SSSR count). The number of morpholine rings is 1. The Labute approximate surface area is 166 Å². The number of rotatable bonds is 5. The van der Waals surface area contributed by atoms with Crippen molar-refractivity contribution in [3.8, 4) is 5.75 Å². The second kappa shape index (κ2) is 8.76. The lowest BCUT2D eigenvalue weighted by molar-refractivity contribution is -0.156. The number of carbonyl (C=O) groups is 1. The first kappa shape index (κ1) is 19.0. The molecule has 1 amide bonds. The molecule has 2 fully saturated rings. The highest BCUT2D eigenvalue weighted by molar-refractivity contribution is 5.78. The molecule has 0 radical (unpaired) electrons. The molecule has 2 aliphatic heterocycles. The van der Waals surface area contributed by atoms with E-state index in [0.29, 0.717) is 19.8 Å². The van der Waals surface area contributed by atoms with Crippen molar-refractivity contribution in [1.82, 2.24) is 9.80 Å². The van der Waals surface area contributed by atoms with Crippen LogP contribution < -0.4 is 4.74 Å². The minimum Gasteiger partial charge on any atom is -0.484 e. The standard InChI is InChI=1S/C23H28N2O3/c26-22(18-28-21-9-5-2-6-10-21)25-15-16-27-19-23(25)11-13-24(14-12-23)17-20-7-3-1-4-8-20/h1-10H,11-19H2. The van der Waals surface area contributed by atoms with E-state index in [4.69, 9.17) is 9.47 Å². The van der Waals surface area contributed by atoms with Gasteiger partial charge in [0.1, 0.15) is 5.75 Å². The van der Waals surface area contributed by atoms with E-state index >= 15 is 0 Å². The van der Waals surface area contributed by atoms with Crippen LogP contribution >= 0.6 is 0 Å². The molecule has 0 unspecified atom stereocenters. The van der Waals surface area contributed by atoms with Crippen molar-refractivity contribution in [1.29, 1.82) is 0 Å². The van der Waals surface area contributed by atoms with Gasteiger partial charge in [0.05, 0.1) is 18.8 Å². The molecule has 0 N–H and O–H groups in total. The highest BCUT2D eigenvalue weighted by atomic mass is 16.5. The van der Waals surface area contributed by atoms with Gasteiger partial charge in [0.2, 0.25) is 0 Å². The van der Waals surface area contributed by atoms with E-state index in [-0.39, 0.29) is 18.1 Å². The zero-order valence-electron chi connectivity index (χ0n) is 16.3. The van der Waals surface area contributed by atoms with Crippen LogP contribution in [0.2, 0.25) is 0 Å². The average Bonchev–Trinajstić information content (AvgIpc) is 2.76. The Morgan fingerprint density at radius 1 is 0.964 bits per heavy atom. The maximum atomic E-state index is 12.9. The number of benzene rings is 2. The summed E-state index contributed by atoms with van der Waals surface area (Å²) in [5.74, 6) is 0.791. The fraction of sp³-hybridized carbons (Fsp3) is 0.435. The second-order valence-corrected chi connectivity index (χ2v) is 7.69. The smallest absolute Gasteiger partial charge is 0.261 e. The summed E-state index contributed by atoms with van der Waals surface area (Å²) in [4.78, 5) is 17.4. The molecule has 2 aromatic carbocycles. The van der Waals surface area contributed by atoms with Gasteiger partial charge in [0, 0.05) is 26.2 Å². The van der Waals surface area contributed by atoms with Crippen molar-refractivity contribution < 1.29 is 14.3 Å². The summed E-state index contributed by atoms with van der Waals surface area (Å²) >= 11 is 0. The normalized spacial score (nSPS) is 19.5. The number of ether oxygens (including phenoxy) is 2. The summed E-state index contributed by atoms with van der Waals surface area (Å²) in [5.41, 5.74) is 1.14. The Kier molecular flexibility index (Phi) is 5.93. The summed E-state index contributed by atoms with van der Waals surface area (Å²) in [6, 6.07) is 20.1. The molecule has 0 aliphatic carbocycles. The summed E-state index contributed by atoms with van der Waals surface area (Å²) in [6.45, 7) is 4.87. The van der Waals surface area contributed by atoms with Crippen LogP contribution in [0.25, 0.3) is 0 Å². The number of para-hydroxylation sites is 1. The van der Waals surface area contributed by atoms with Crippen molar-refractivity contribution in [3.63, 3.8) is 0 Å². The maximum absolute atomic E-state index is 12.9. The highest BCUT2D eigenvalue weighted by Crippen LogP contribution is 2.32. The summed E-state index contributed by atoms with van der Waals surface area (Å²) < 4.78 is 11.5. The third kappa shape index (κ3) is 4.37. The number of hydrogen-bond donors (Lipinski definition) is 0. The van der Waals surface area contributed by atoms with Gasteiger partial charge in [-0.2, -0.15) is 0 Å². The molecule has 0 bridgehead atoms. The molecule has 2 heterocycles. The predicted octanol–water partition coefficient (Wildman–Crippen LogP) is 2.96. The topological polar surface area (TPSA) is 42.0 Å². The van der Waals surface area contributed by atoms with Gasteiger partial charge in [-0.05, 0) is 30.5 Å². The van der Waals surface area contributed by atoms with Gasteiger partial charge in [0.25, 0.3) is 5.91 Å². The predicted molar refractivity (Wildman–Crippen MR) is 108 cm³/mol. The van der Waals surface area contributed by atoms with Gasteiger partial charge < -0.3 is 14.4 Å². The molecule has 5 nitrogen and oxygen atoms in total. The van der Waals surface area contributed by atoms with Crippen molar-refractivity contribution >= 4 is 5.91 Å². The quantitative estimate of drug-likeness (QED) is 0.800. The molecular formula is C23H28N2O3. The van der Waals surface area contributed by atoms with Gasteiger partial charge in [-0.15, -0.1) is 0 Å². The van der Waals surface area contributed by atoms with Gasteiger partial charge in [-0.1, -0.05) is 48.5 Å². The number of hydrogen-bond acceptors (Lipinski definition) is 4. The Bertz CT molecular complexity index is 758. The van der Waals surface area contributed by atoms with E-state index < -0.39 is 0 Å². The number of likely N-dealkylation sites (tertiary alicyclic amines) is 1. The number of piperidine rings is 1. The summed E-state index contributed by atoms with van der Waals surface area (Å²) in [7, 11) is 0. The van der Waals surface area contributed by atoms with E-state index in [1.54, 1.807) is 0 Å². The first-order chi connectivity index (χ1) is 13.8. The van der Waals surface area contributed by atoms with Gasteiger partial charge in [0.15, 0.2) is 6.61 Å². The molecule has 1 spiro atoms. The van der Waals surface area contributed by atoms with Crippen LogP contribution in [0.3, 0.4) is 0 Å². The fourth-order valence-electron chi connectivity index (χ4n) is 4.25. The van der Waals surface area contributed by atoms with E-state index in [0.717, 1.165) is 38.2 Å². The molecule has 148 valence electrons. The van der Waals surface area contributed by atoms with E-state index in [9.17, 15) is 4.79 Å². The number of nitrogens with zero attached hydrogens (tertiary/aromatic N) is 2. The van der Waals surface area contributed by atoms with Crippen molar-refractivity contribution in [2.75, 3.05) is 39.5 Å². The van der Waals surface area contributed by atoms with Crippen LogP contribution in [0.15, 0.2) is 60.7 Å². The van der Waals surface area contributed by atoms with Crippen molar-refractivity contribution in [2.45, 2.75) is 24.9 Å². The second-order valence-electron chi connectivity index (χ2n) is 7.69. The zero-order valence-corrected chi connectivity index (χ0v) is 16.3. The van der Waals surface area contributed by atoms with Crippen LogP contribution in [0.5, 0.6) is 5.75 Å². The van der Waals surface area contributed by atoms with E-state index in [1.165, 1.54) is 5.56 Å². The molecule has 28 heavy (non-hydrogen) atoms. The molecule has 2 aliphatic rings. The SMILES string of the molecule is O=C(COc1ccccc1)N1CCOCC12CCN(Cc1ccccc1)CC2. The number of carbonyl (C=O) groups excluding carboxylic acids is 1. The monoisotopic (exact) mass is 380 g/mol. The Morgan fingerprint density at radius 2 is 1.64 bits per heavy atom. The van der Waals surface area contributed by atoms with Gasteiger partial charge in [-0.25, -0.2) is 0 Å². The molecule has 2 saturated heterocycles. The summed E-state index contributed by atoms with van der Waals surface area (Å²) in [5, 5.41) is 0. The molecule has 2 aromatic rings. The molecule has 0 atom stereocenters. The first-order valence-corrected chi connectivity index (χ1v) is 10.1. The molecule has 0 aromatic heterocycles. The van der Waals surface area contributed by atoms with E-state index in [1.807, 2.05) is 35.2 Å². The average molecular weight is 380 g/mol. The minimum atomic E-state index is -0.192. The maximum Gasteiger partial charge on any atom is 0.261 e. The Hall–Kier alpha value is -2.37. The van der Waals surface area contributed by atoms with Crippen LogP contribution in [0.1, 0.15) is 18.4 Å².